The Bertz CT molecular complexity index is 579. The molecule has 0 amide bonds. The molecule has 0 unspecified atom stereocenters. The zero-order valence-corrected chi connectivity index (χ0v) is 10.4. The van der Waals surface area contributed by atoms with Crippen molar-refractivity contribution >= 4 is 27.5 Å². The van der Waals surface area contributed by atoms with E-state index in [1.807, 2.05) is 12.2 Å². The van der Waals surface area contributed by atoms with Crippen LogP contribution in [0.15, 0.2) is 34.4 Å². The number of allylic oxidation sites excluding steroid dienone is 6. The van der Waals surface area contributed by atoms with Gasteiger partial charge in [-0.2, -0.15) is 5.26 Å². The summed E-state index contributed by atoms with van der Waals surface area (Å²) >= 11 is 3.38. The van der Waals surface area contributed by atoms with Crippen LogP contribution in [0.4, 0.5) is 0 Å². The summed E-state index contributed by atoms with van der Waals surface area (Å²) in [6, 6.07) is 2.24. The molecular weight excluding hydrogens is 282 g/mol. The zero-order chi connectivity index (χ0) is 12.2. The summed E-state index contributed by atoms with van der Waals surface area (Å²) in [5, 5.41) is 9.29. The van der Waals surface area contributed by atoms with Crippen molar-refractivity contribution < 1.29 is 9.59 Å². The van der Waals surface area contributed by atoms with Crippen LogP contribution in [0.5, 0.6) is 0 Å². The molecule has 0 fully saturated rings. The first-order valence-electron chi connectivity index (χ1n) is 5.36. The maximum Gasteiger partial charge on any atom is 0.184 e. The lowest BCUT2D eigenvalue weighted by Crippen LogP contribution is -2.32. The van der Waals surface area contributed by atoms with Gasteiger partial charge >= 0.3 is 0 Å². The molecule has 4 aliphatic carbocycles. The van der Waals surface area contributed by atoms with Crippen molar-refractivity contribution in [2.45, 2.75) is 6.42 Å². The second-order valence-electron chi connectivity index (χ2n) is 4.57. The fraction of sp³-hybridized carbons (Fsp3) is 0.308. The van der Waals surface area contributed by atoms with Crippen LogP contribution < -0.4 is 0 Å². The second-order valence-corrected chi connectivity index (χ2v) is 5.42. The molecule has 84 valence electrons. The Morgan fingerprint density at radius 3 is 2.88 bits per heavy atom. The molecule has 0 heterocycles. The van der Waals surface area contributed by atoms with Gasteiger partial charge in [0.25, 0.3) is 0 Å². The van der Waals surface area contributed by atoms with Crippen molar-refractivity contribution in [2.75, 3.05) is 0 Å². The van der Waals surface area contributed by atoms with Gasteiger partial charge in [0.2, 0.25) is 0 Å². The highest BCUT2D eigenvalue weighted by Crippen LogP contribution is 2.56. The summed E-state index contributed by atoms with van der Waals surface area (Å²) in [6.45, 7) is 0. The molecule has 4 heteroatoms. The van der Waals surface area contributed by atoms with Crippen molar-refractivity contribution in [1.82, 2.24) is 0 Å². The lowest BCUT2D eigenvalue weighted by molar-refractivity contribution is -0.117. The van der Waals surface area contributed by atoms with E-state index in [-0.39, 0.29) is 23.4 Å². The number of ketones is 2. The minimum atomic E-state index is -0.714. The molecule has 4 aliphatic rings. The molecule has 3 nitrogen and oxygen atoms in total. The number of hydrogen-bond donors (Lipinski definition) is 0. The number of fused-ring (bicyclic) bond motifs is 2. The summed E-state index contributed by atoms with van der Waals surface area (Å²) in [4.78, 5) is 23.8. The van der Waals surface area contributed by atoms with E-state index in [0.29, 0.717) is 16.5 Å². The van der Waals surface area contributed by atoms with E-state index < -0.39 is 5.41 Å². The molecule has 0 radical (unpaired) electrons. The van der Waals surface area contributed by atoms with E-state index in [9.17, 15) is 14.9 Å². The van der Waals surface area contributed by atoms with Gasteiger partial charge in [-0.25, -0.2) is 0 Å². The molecule has 2 bridgehead atoms. The Morgan fingerprint density at radius 2 is 2.18 bits per heavy atom. The summed E-state index contributed by atoms with van der Waals surface area (Å²) in [5.41, 5.74) is -0.272. The maximum absolute atomic E-state index is 11.9. The first kappa shape index (κ1) is 10.7. The lowest BCUT2D eigenvalue weighted by atomic mass is 9.67. The summed E-state index contributed by atoms with van der Waals surface area (Å²) < 4.78 is 0.692. The molecule has 0 aromatic heterocycles. The Balaban J connectivity index is 2.33. The first-order valence-corrected chi connectivity index (χ1v) is 6.16. The highest BCUT2D eigenvalue weighted by molar-refractivity contribution is 9.11. The number of nitriles is 1. The molecule has 3 atom stereocenters. The van der Waals surface area contributed by atoms with E-state index in [2.05, 4.69) is 22.0 Å². The Labute approximate surface area is 107 Å². The van der Waals surface area contributed by atoms with Gasteiger partial charge in [-0.15, -0.1) is 0 Å². The monoisotopic (exact) mass is 289 g/mol. The molecule has 0 N–H and O–H groups in total. The predicted molar refractivity (Wildman–Crippen MR) is 63.9 cm³/mol. The van der Waals surface area contributed by atoms with Crippen LogP contribution in [-0.2, 0) is 9.59 Å². The number of carbonyl (C=O) groups is 2. The average molecular weight is 290 g/mol. The van der Waals surface area contributed by atoms with Crippen molar-refractivity contribution in [3.8, 4) is 6.07 Å². The van der Waals surface area contributed by atoms with Gasteiger partial charge in [-0.05, 0) is 18.6 Å². The average Bonchev–Trinajstić information content (AvgIpc) is 2.46. The minimum absolute atomic E-state index is 0.0696. The van der Waals surface area contributed by atoms with Crippen LogP contribution in [0.25, 0.3) is 0 Å². The largest absolute Gasteiger partial charge is 0.294 e. The fourth-order valence-electron chi connectivity index (χ4n) is 2.88. The van der Waals surface area contributed by atoms with Gasteiger partial charge in [0.15, 0.2) is 11.6 Å². The number of rotatable bonds is 0. The molecule has 17 heavy (non-hydrogen) atoms. The van der Waals surface area contributed by atoms with Gasteiger partial charge in [-0.1, -0.05) is 28.1 Å². The second kappa shape index (κ2) is 3.27. The summed E-state index contributed by atoms with van der Waals surface area (Å²) in [6.07, 6.45) is 7.06. The molecule has 0 aliphatic heterocycles. The van der Waals surface area contributed by atoms with Crippen LogP contribution in [0, 0.1) is 28.6 Å². The lowest BCUT2D eigenvalue weighted by Gasteiger charge is -2.34. The molecular formula is C13H8BrNO2. The van der Waals surface area contributed by atoms with Crippen molar-refractivity contribution in [2.24, 2.45) is 17.3 Å². The van der Waals surface area contributed by atoms with E-state index in [1.165, 1.54) is 12.2 Å². The van der Waals surface area contributed by atoms with Gasteiger partial charge in [0, 0.05) is 16.0 Å². The molecule has 1 spiro atoms. The number of nitrogens with zero attached hydrogens (tertiary/aromatic N) is 1. The predicted octanol–water partition coefficient (Wildman–Crippen LogP) is 2.06. The Hall–Kier alpha value is -1.47. The van der Waals surface area contributed by atoms with Gasteiger partial charge < -0.3 is 0 Å². The third-order valence-corrected chi connectivity index (χ3v) is 4.69. The van der Waals surface area contributed by atoms with Crippen molar-refractivity contribution in [3.05, 3.63) is 34.4 Å². The van der Waals surface area contributed by atoms with Crippen LogP contribution >= 0.6 is 15.9 Å². The van der Waals surface area contributed by atoms with Crippen LogP contribution in [-0.4, -0.2) is 11.6 Å². The first-order chi connectivity index (χ1) is 8.09. The van der Waals surface area contributed by atoms with Crippen LogP contribution in [0.1, 0.15) is 6.42 Å². The number of halogens is 1. The van der Waals surface area contributed by atoms with E-state index in [0.717, 1.165) is 0 Å². The van der Waals surface area contributed by atoms with Crippen LogP contribution in [0.2, 0.25) is 0 Å². The molecule has 0 saturated heterocycles. The van der Waals surface area contributed by atoms with Gasteiger partial charge in [0.05, 0.1) is 17.4 Å². The molecule has 0 saturated carbocycles. The standard InChI is InChI=1S/C13H8BrNO2/c14-12-5-11(17)9-4-10(16)7-1-2-13(9,12)8(3-7)6-15/h1-2,4-5,7-8H,3H2/t7-,8-,13-/m0/s1. The Kier molecular flexibility index (Phi) is 2.05. The van der Waals surface area contributed by atoms with Crippen molar-refractivity contribution in [1.29, 1.82) is 5.26 Å². The van der Waals surface area contributed by atoms with E-state index in [1.54, 1.807) is 0 Å². The Morgan fingerprint density at radius 1 is 1.41 bits per heavy atom. The normalized spacial score (nSPS) is 38.4. The smallest absolute Gasteiger partial charge is 0.184 e. The zero-order valence-electron chi connectivity index (χ0n) is 8.81. The molecule has 4 rings (SSSR count). The third-order valence-electron chi connectivity index (χ3n) is 3.80. The summed E-state index contributed by atoms with van der Waals surface area (Å²) in [7, 11) is 0. The highest BCUT2D eigenvalue weighted by Gasteiger charge is 2.53. The molecule has 0 aromatic carbocycles. The van der Waals surface area contributed by atoms with E-state index in [4.69, 9.17) is 0 Å². The fourth-order valence-corrected chi connectivity index (χ4v) is 3.71. The minimum Gasteiger partial charge on any atom is -0.294 e. The summed E-state index contributed by atoms with van der Waals surface area (Å²) in [5.74, 6) is -0.846. The quantitative estimate of drug-likeness (QED) is 0.642. The number of carbonyl (C=O) groups excluding carboxylic acids is 2. The van der Waals surface area contributed by atoms with Gasteiger partial charge in [0.1, 0.15) is 0 Å². The van der Waals surface area contributed by atoms with Crippen LogP contribution in [0.3, 0.4) is 0 Å². The SMILES string of the molecule is N#C[C@@H]1C[C@@H]2C=C[C@]13C(Br)=CC(=O)C3=CC2=O. The highest BCUT2D eigenvalue weighted by atomic mass is 79.9. The molecule has 0 aromatic rings. The van der Waals surface area contributed by atoms with Crippen molar-refractivity contribution in [3.63, 3.8) is 0 Å². The number of hydrogen-bond acceptors (Lipinski definition) is 3. The van der Waals surface area contributed by atoms with Gasteiger partial charge in [-0.3, -0.25) is 9.59 Å². The third kappa shape index (κ3) is 1.15. The van der Waals surface area contributed by atoms with E-state index >= 15 is 0 Å². The topological polar surface area (TPSA) is 57.9 Å². The maximum atomic E-state index is 11.9.